The van der Waals surface area contributed by atoms with Crippen LogP contribution in [0.25, 0.3) is 0 Å². The second kappa shape index (κ2) is 9.65. The standard InChI is InChI=1S/C21H31N3O3/c1-7-13(2)8-10-19-15(4)12-18(16(5)26-19)23-20(25)11-9-14(3)21-22-17(6)27-24-21/h7-9,11,14-16,18-19H,1,10,12H2,2-6H3,(H,23,25)/b11-9?,13-8+/t14?,15-,16+,18+,19-/m0/s1. The average Bonchev–Trinajstić information content (AvgIpc) is 3.07. The second-order valence-electron chi connectivity index (χ2n) is 7.42. The minimum absolute atomic E-state index is 0.000562. The first-order valence-corrected chi connectivity index (χ1v) is 9.53. The van der Waals surface area contributed by atoms with Crippen LogP contribution in [0.1, 0.15) is 58.2 Å². The molecule has 6 heteroatoms. The summed E-state index contributed by atoms with van der Waals surface area (Å²) in [5, 5.41) is 6.94. The highest BCUT2D eigenvalue weighted by molar-refractivity contribution is 5.87. The molecule has 1 unspecified atom stereocenters. The average molecular weight is 373 g/mol. The smallest absolute Gasteiger partial charge is 0.243 e. The Hall–Kier alpha value is -2.21. The van der Waals surface area contributed by atoms with Crippen LogP contribution in [0.2, 0.25) is 0 Å². The molecular formula is C21H31N3O3. The molecule has 148 valence electrons. The van der Waals surface area contributed by atoms with Gasteiger partial charge in [0.05, 0.1) is 18.2 Å². The lowest BCUT2D eigenvalue weighted by Gasteiger charge is -2.39. The summed E-state index contributed by atoms with van der Waals surface area (Å²) in [4.78, 5) is 16.5. The summed E-state index contributed by atoms with van der Waals surface area (Å²) in [6, 6.07) is 0.000562. The quantitative estimate of drug-likeness (QED) is 0.580. The topological polar surface area (TPSA) is 77.2 Å². The summed E-state index contributed by atoms with van der Waals surface area (Å²) in [5.41, 5.74) is 1.16. The zero-order chi connectivity index (χ0) is 20.0. The van der Waals surface area contributed by atoms with E-state index in [1.54, 1.807) is 13.0 Å². The van der Waals surface area contributed by atoms with Gasteiger partial charge < -0.3 is 14.6 Å². The molecule has 2 rings (SSSR count). The van der Waals surface area contributed by atoms with E-state index >= 15 is 0 Å². The van der Waals surface area contributed by atoms with Gasteiger partial charge in [-0.15, -0.1) is 0 Å². The summed E-state index contributed by atoms with van der Waals surface area (Å²) in [6.07, 6.45) is 9.22. The molecule has 5 atom stereocenters. The monoisotopic (exact) mass is 373 g/mol. The predicted molar refractivity (Wildman–Crippen MR) is 105 cm³/mol. The van der Waals surface area contributed by atoms with Crippen LogP contribution in [0.4, 0.5) is 0 Å². The molecule has 27 heavy (non-hydrogen) atoms. The molecule has 2 heterocycles. The van der Waals surface area contributed by atoms with Gasteiger partial charge in [-0.3, -0.25) is 4.79 Å². The van der Waals surface area contributed by atoms with Crippen molar-refractivity contribution < 1.29 is 14.1 Å². The summed E-state index contributed by atoms with van der Waals surface area (Å²) in [5.74, 6) is 1.24. The predicted octanol–water partition coefficient (Wildman–Crippen LogP) is 3.86. The van der Waals surface area contributed by atoms with Gasteiger partial charge in [0.15, 0.2) is 5.82 Å². The van der Waals surface area contributed by atoms with Crippen molar-refractivity contribution in [1.29, 1.82) is 0 Å². The van der Waals surface area contributed by atoms with Crippen molar-refractivity contribution in [3.8, 4) is 0 Å². The summed E-state index contributed by atoms with van der Waals surface area (Å²) >= 11 is 0. The van der Waals surface area contributed by atoms with E-state index in [9.17, 15) is 4.79 Å². The fraction of sp³-hybridized carbons (Fsp3) is 0.571. The van der Waals surface area contributed by atoms with Crippen LogP contribution in [0.3, 0.4) is 0 Å². The molecule has 0 aliphatic carbocycles. The van der Waals surface area contributed by atoms with Crippen molar-refractivity contribution in [2.75, 3.05) is 0 Å². The zero-order valence-corrected chi connectivity index (χ0v) is 16.9. The van der Waals surface area contributed by atoms with Gasteiger partial charge in [-0.25, -0.2) is 0 Å². The van der Waals surface area contributed by atoms with E-state index in [4.69, 9.17) is 9.26 Å². The first-order chi connectivity index (χ1) is 12.8. The number of aromatic nitrogens is 2. The third-order valence-electron chi connectivity index (χ3n) is 5.03. The Morgan fingerprint density at radius 1 is 1.44 bits per heavy atom. The lowest BCUT2D eigenvalue weighted by molar-refractivity contribution is -0.123. The van der Waals surface area contributed by atoms with Gasteiger partial charge >= 0.3 is 0 Å². The maximum Gasteiger partial charge on any atom is 0.243 e. The molecule has 1 aromatic heterocycles. The Balaban J connectivity index is 1.87. The number of hydrogen-bond acceptors (Lipinski definition) is 5. The molecule has 1 aliphatic rings. The molecule has 0 radical (unpaired) electrons. The van der Waals surface area contributed by atoms with Gasteiger partial charge in [0.2, 0.25) is 11.8 Å². The number of amides is 1. The van der Waals surface area contributed by atoms with Crippen LogP contribution < -0.4 is 5.32 Å². The number of hydrogen-bond donors (Lipinski definition) is 1. The van der Waals surface area contributed by atoms with Gasteiger partial charge in [-0.05, 0) is 38.7 Å². The fourth-order valence-electron chi connectivity index (χ4n) is 3.15. The van der Waals surface area contributed by atoms with Crippen LogP contribution in [-0.2, 0) is 9.53 Å². The number of allylic oxidation sites excluding steroid dienone is 3. The number of nitrogens with zero attached hydrogens (tertiary/aromatic N) is 2. The molecule has 1 fully saturated rings. The van der Waals surface area contributed by atoms with E-state index in [0.29, 0.717) is 17.6 Å². The highest BCUT2D eigenvalue weighted by Crippen LogP contribution is 2.28. The number of nitrogens with one attached hydrogen (secondary N) is 1. The van der Waals surface area contributed by atoms with E-state index < -0.39 is 0 Å². The maximum atomic E-state index is 12.3. The van der Waals surface area contributed by atoms with E-state index in [1.807, 2.05) is 26.8 Å². The molecule has 0 aromatic carbocycles. The van der Waals surface area contributed by atoms with Gasteiger partial charge in [0, 0.05) is 12.8 Å². The lowest BCUT2D eigenvalue weighted by Crippen LogP contribution is -2.50. The second-order valence-corrected chi connectivity index (χ2v) is 7.42. The van der Waals surface area contributed by atoms with Crippen LogP contribution >= 0.6 is 0 Å². The molecular weight excluding hydrogens is 342 g/mol. The van der Waals surface area contributed by atoms with E-state index in [-0.39, 0.29) is 30.1 Å². The fourth-order valence-corrected chi connectivity index (χ4v) is 3.15. The lowest BCUT2D eigenvalue weighted by atomic mass is 9.88. The van der Waals surface area contributed by atoms with E-state index in [2.05, 4.69) is 35.0 Å². The minimum atomic E-state index is -0.129. The van der Waals surface area contributed by atoms with E-state index in [0.717, 1.165) is 18.4 Å². The van der Waals surface area contributed by atoms with Crippen LogP contribution in [0.5, 0.6) is 0 Å². The van der Waals surface area contributed by atoms with Gasteiger partial charge in [0.1, 0.15) is 0 Å². The van der Waals surface area contributed by atoms with Gasteiger partial charge in [0.25, 0.3) is 0 Å². The first kappa shape index (κ1) is 21.1. The number of rotatable bonds is 7. The van der Waals surface area contributed by atoms with Crippen molar-refractivity contribution in [2.45, 2.75) is 71.6 Å². The van der Waals surface area contributed by atoms with E-state index in [1.165, 1.54) is 6.08 Å². The SMILES string of the molecule is C=C/C(C)=C/C[C@@H]1O[C@H](C)[C@H](NC(=O)C=CC(C)c2noc(C)n2)C[C@@H]1C. The molecule has 1 N–H and O–H groups in total. The third kappa shape index (κ3) is 6.17. The van der Waals surface area contributed by atoms with Gasteiger partial charge in [-0.1, -0.05) is 49.4 Å². The van der Waals surface area contributed by atoms with Gasteiger partial charge in [-0.2, -0.15) is 4.98 Å². The molecule has 6 nitrogen and oxygen atoms in total. The minimum Gasteiger partial charge on any atom is -0.373 e. The Labute approximate surface area is 161 Å². The number of aryl methyl sites for hydroxylation is 1. The normalized spacial score (nSPS) is 27.5. The first-order valence-electron chi connectivity index (χ1n) is 9.53. The molecule has 0 saturated carbocycles. The Bertz CT molecular complexity index is 707. The van der Waals surface area contributed by atoms with Crippen molar-refractivity contribution in [3.05, 3.63) is 48.2 Å². The summed E-state index contributed by atoms with van der Waals surface area (Å²) in [6.45, 7) is 13.7. The van der Waals surface area contributed by atoms with Crippen LogP contribution in [0, 0.1) is 12.8 Å². The number of carbonyl (C=O) groups excluding carboxylic acids is 1. The van der Waals surface area contributed by atoms with Crippen LogP contribution in [-0.4, -0.2) is 34.3 Å². The molecule has 1 aliphatic heterocycles. The van der Waals surface area contributed by atoms with Crippen LogP contribution in [0.15, 0.2) is 41.0 Å². The maximum absolute atomic E-state index is 12.3. The molecule has 1 saturated heterocycles. The zero-order valence-electron chi connectivity index (χ0n) is 16.9. The number of ether oxygens (including phenoxy) is 1. The Morgan fingerprint density at radius 3 is 2.81 bits per heavy atom. The summed E-state index contributed by atoms with van der Waals surface area (Å²) < 4.78 is 11.1. The molecule has 0 bridgehead atoms. The highest BCUT2D eigenvalue weighted by atomic mass is 16.5. The van der Waals surface area contributed by atoms with Crippen molar-refractivity contribution >= 4 is 5.91 Å². The summed E-state index contributed by atoms with van der Waals surface area (Å²) in [7, 11) is 0. The van der Waals surface area contributed by atoms with Crippen molar-refractivity contribution in [1.82, 2.24) is 15.5 Å². The molecule has 1 amide bonds. The Morgan fingerprint density at radius 2 is 2.19 bits per heavy atom. The molecule has 0 spiro atoms. The highest BCUT2D eigenvalue weighted by Gasteiger charge is 2.33. The van der Waals surface area contributed by atoms with Crippen molar-refractivity contribution in [2.24, 2.45) is 5.92 Å². The Kier molecular flexibility index (Phi) is 7.54. The largest absolute Gasteiger partial charge is 0.373 e. The number of carbonyl (C=O) groups is 1. The third-order valence-corrected chi connectivity index (χ3v) is 5.03. The molecule has 1 aromatic rings. The van der Waals surface area contributed by atoms with Crippen molar-refractivity contribution in [3.63, 3.8) is 0 Å².